The fourth-order valence-corrected chi connectivity index (χ4v) is 1.17. The van der Waals surface area contributed by atoms with Crippen LogP contribution in [0, 0.1) is 5.41 Å². The molecule has 0 heterocycles. The maximum absolute atomic E-state index is 11.8. The van der Waals surface area contributed by atoms with Crippen LogP contribution in [-0.2, 0) is 19.1 Å². The van der Waals surface area contributed by atoms with Crippen molar-refractivity contribution in [1.82, 2.24) is 0 Å². The highest BCUT2D eigenvalue weighted by atomic mass is 16.6. The van der Waals surface area contributed by atoms with Crippen LogP contribution in [0.3, 0.4) is 0 Å². The van der Waals surface area contributed by atoms with E-state index in [1.54, 1.807) is 20.8 Å². The lowest BCUT2D eigenvalue weighted by Gasteiger charge is -2.22. The zero-order valence-corrected chi connectivity index (χ0v) is 11.5. The lowest BCUT2D eigenvalue weighted by atomic mass is 9.84. The number of hydrogen-bond acceptors (Lipinski definition) is 4. The Morgan fingerprint density at radius 2 is 1.29 bits per heavy atom. The van der Waals surface area contributed by atoms with Crippen LogP contribution in [0.15, 0.2) is 11.1 Å². The average molecular weight is 242 g/mol. The predicted molar refractivity (Wildman–Crippen MR) is 65.4 cm³/mol. The molecule has 4 heteroatoms. The second kappa shape index (κ2) is 6.42. The lowest BCUT2D eigenvalue weighted by Crippen LogP contribution is -2.24. The summed E-state index contributed by atoms with van der Waals surface area (Å²) in [6.07, 6.45) is 0. The van der Waals surface area contributed by atoms with Gasteiger partial charge in [-0.2, -0.15) is 0 Å². The summed E-state index contributed by atoms with van der Waals surface area (Å²) in [4.78, 5) is 23.5. The van der Waals surface area contributed by atoms with Crippen LogP contribution in [0.5, 0.6) is 0 Å². The summed E-state index contributed by atoms with van der Waals surface area (Å²) in [5, 5.41) is 0. The molecule has 0 aliphatic rings. The smallest absolute Gasteiger partial charge is 0.345 e. The summed E-state index contributed by atoms with van der Waals surface area (Å²) in [6.45, 7) is 11.4. The predicted octanol–water partition coefficient (Wildman–Crippen LogP) is 2.48. The van der Waals surface area contributed by atoms with Crippen molar-refractivity contribution in [3.05, 3.63) is 11.1 Å². The van der Waals surface area contributed by atoms with Crippen LogP contribution in [0.25, 0.3) is 0 Å². The van der Waals surface area contributed by atoms with Crippen LogP contribution in [-0.4, -0.2) is 25.2 Å². The van der Waals surface area contributed by atoms with Crippen molar-refractivity contribution in [3.8, 4) is 0 Å². The van der Waals surface area contributed by atoms with Gasteiger partial charge in [0.15, 0.2) is 0 Å². The van der Waals surface area contributed by atoms with E-state index in [2.05, 4.69) is 0 Å². The third-order valence-electron chi connectivity index (χ3n) is 2.46. The Balaban J connectivity index is 5.39. The third-order valence-corrected chi connectivity index (χ3v) is 2.46. The normalized spacial score (nSPS) is 10.7. The molecule has 98 valence electrons. The van der Waals surface area contributed by atoms with Crippen LogP contribution in [0.4, 0.5) is 0 Å². The topological polar surface area (TPSA) is 52.6 Å². The van der Waals surface area contributed by atoms with Gasteiger partial charge in [0, 0.05) is 0 Å². The quantitative estimate of drug-likeness (QED) is 0.329. The summed E-state index contributed by atoms with van der Waals surface area (Å²) >= 11 is 0. The minimum atomic E-state index is -0.613. The fraction of sp³-hybridized carbons (Fsp3) is 0.692. The van der Waals surface area contributed by atoms with Gasteiger partial charge >= 0.3 is 11.9 Å². The maximum atomic E-state index is 11.8. The van der Waals surface area contributed by atoms with Gasteiger partial charge in [-0.25, -0.2) is 9.59 Å². The van der Waals surface area contributed by atoms with E-state index in [0.717, 1.165) is 0 Å². The van der Waals surface area contributed by atoms with Gasteiger partial charge in [0.05, 0.1) is 13.2 Å². The molecule has 0 radical (unpaired) electrons. The highest BCUT2D eigenvalue weighted by Crippen LogP contribution is 2.28. The zero-order chi connectivity index (χ0) is 13.6. The number of rotatable bonds is 4. The lowest BCUT2D eigenvalue weighted by molar-refractivity contribution is -0.146. The Morgan fingerprint density at radius 1 is 0.941 bits per heavy atom. The molecule has 0 aliphatic carbocycles. The number of carbonyl (C=O) groups excluding carboxylic acids is 2. The monoisotopic (exact) mass is 242 g/mol. The molecule has 0 aliphatic heterocycles. The maximum Gasteiger partial charge on any atom is 0.345 e. The first-order valence-corrected chi connectivity index (χ1v) is 5.81. The van der Waals surface area contributed by atoms with Crippen LogP contribution in [0.1, 0.15) is 41.5 Å². The molecule has 0 saturated carbocycles. The molecular weight excluding hydrogens is 220 g/mol. The summed E-state index contributed by atoms with van der Waals surface area (Å²) in [6, 6.07) is 0. The highest BCUT2D eigenvalue weighted by Gasteiger charge is 2.28. The second-order valence-electron chi connectivity index (χ2n) is 4.69. The molecule has 0 aromatic rings. The Bertz CT molecular complexity index is 301. The Morgan fingerprint density at radius 3 is 1.53 bits per heavy atom. The van der Waals surface area contributed by atoms with E-state index in [0.29, 0.717) is 5.57 Å². The van der Waals surface area contributed by atoms with Gasteiger partial charge in [-0.15, -0.1) is 0 Å². The number of esters is 2. The summed E-state index contributed by atoms with van der Waals surface area (Å²) in [5.41, 5.74) is 0.407. The SMILES string of the molecule is CCOC(=O)C(C(=O)OCC)=C(C)C(C)(C)C. The van der Waals surface area contributed by atoms with Crippen molar-refractivity contribution < 1.29 is 19.1 Å². The highest BCUT2D eigenvalue weighted by molar-refractivity contribution is 6.14. The standard InChI is InChI=1S/C13H22O4/c1-7-16-11(14)10(12(15)17-8-2)9(3)13(4,5)6/h7-8H2,1-6H3. The molecule has 0 unspecified atom stereocenters. The number of allylic oxidation sites excluding steroid dienone is 1. The zero-order valence-electron chi connectivity index (χ0n) is 11.5. The summed E-state index contributed by atoms with van der Waals surface area (Å²) in [7, 11) is 0. The number of hydrogen-bond donors (Lipinski definition) is 0. The molecule has 4 nitrogen and oxygen atoms in total. The summed E-state index contributed by atoms with van der Waals surface area (Å²) in [5.74, 6) is -1.23. The van der Waals surface area contributed by atoms with Gasteiger partial charge in [0.1, 0.15) is 5.57 Å². The van der Waals surface area contributed by atoms with E-state index in [-0.39, 0.29) is 24.2 Å². The van der Waals surface area contributed by atoms with Crippen molar-refractivity contribution >= 4 is 11.9 Å². The first-order valence-electron chi connectivity index (χ1n) is 5.81. The number of ether oxygens (including phenoxy) is 2. The molecule has 0 aromatic carbocycles. The van der Waals surface area contributed by atoms with E-state index in [4.69, 9.17) is 9.47 Å². The van der Waals surface area contributed by atoms with Crippen LogP contribution < -0.4 is 0 Å². The Hall–Kier alpha value is -1.32. The first kappa shape index (κ1) is 15.7. The molecule has 0 atom stereocenters. The third kappa shape index (κ3) is 4.59. The average Bonchev–Trinajstić information content (AvgIpc) is 2.17. The molecule has 0 N–H and O–H groups in total. The van der Waals surface area contributed by atoms with Crippen LogP contribution >= 0.6 is 0 Å². The van der Waals surface area contributed by atoms with Gasteiger partial charge in [0.2, 0.25) is 0 Å². The van der Waals surface area contributed by atoms with E-state index in [1.807, 2.05) is 20.8 Å². The molecule has 0 fully saturated rings. The van der Waals surface area contributed by atoms with Gasteiger partial charge in [-0.3, -0.25) is 0 Å². The van der Waals surface area contributed by atoms with Crippen LogP contribution in [0.2, 0.25) is 0 Å². The minimum Gasteiger partial charge on any atom is -0.462 e. The van der Waals surface area contributed by atoms with Crippen molar-refractivity contribution in [3.63, 3.8) is 0 Å². The van der Waals surface area contributed by atoms with Gasteiger partial charge in [0.25, 0.3) is 0 Å². The second-order valence-corrected chi connectivity index (χ2v) is 4.69. The van der Waals surface area contributed by atoms with Crippen molar-refractivity contribution in [1.29, 1.82) is 0 Å². The molecular formula is C13H22O4. The Labute approximate surface area is 103 Å². The first-order chi connectivity index (χ1) is 7.75. The van der Waals surface area contributed by atoms with Gasteiger partial charge in [-0.05, 0) is 31.8 Å². The van der Waals surface area contributed by atoms with E-state index in [1.165, 1.54) is 0 Å². The largest absolute Gasteiger partial charge is 0.462 e. The minimum absolute atomic E-state index is 0.0150. The van der Waals surface area contributed by atoms with Gasteiger partial charge in [-0.1, -0.05) is 20.8 Å². The van der Waals surface area contributed by atoms with Crippen molar-refractivity contribution in [2.45, 2.75) is 41.5 Å². The van der Waals surface area contributed by atoms with Crippen molar-refractivity contribution in [2.75, 3.05) is 13.2 Å². The molecule has 0 bridgehead atoms. The molecule has 0 aromatic heterocycles. The molecule has 0 saturated heterocycles. The molecule has 17 heavy (non-hydrogen) atoms. The fourth-order valence-electron chi connectivity index (χ4n) is 1.17. The molecule has 0 spiro atoms. The van der Waals surface area contributed by atoms with Gasteiger partial charge < -0.3 is 9.47 Å². The summed E-state index contributed by atoms with van der Waals surface area (Å²) < 4.78 is 9.78. The van der Waals surface area contributed by atoms with Crippen molar-refractivity contribution in [2.24, 2.45) is 5.41 Å². The molecule has 0 amide bonds. The van der Waals surface area contributed by atoms with E-state index in [9.17, 15) is 9.59 Å². The Kier molecular flexibility index (Phi) is 5.93. The number of carbonyl (C=O) groups is 2. The van der Waals surface area contributed by atoms with E-state index < -0.39 is 11.9 Å². The van der Waals surface area contributed by atoms with E-state index >= 15 is 0 Å². The molecule has 0 rings (SSSR count).